The highest BCUT2D eigenvalue weighted by molar-refractivity contribution is 5.90. The van der Waals surface area contributed by atoms with Gasteiger partial charge in [0.25, 0.3) is 0 Å². The Morgan fingerprint density at radius 2 is 1.95 bits per heavy atom. The van der Waals surface area contributed by atoms with E-state index in [9.17, 15) is 9.18 Å². The molecule has 0 spiro atoms. The Balaban J connectivity index is 1.46. The predicted molar refractivity (Wildman–Crippen MR) is 82.9 cm³/mol. The van der Waals surface area contributed by atoms with Gasteiger partial charge in [0, 0.05) is 24.5 Å². The molecule has 3 rings (SSSR count). The second-order valence-corrected chi connectivity index (χ2v) is 5.92. The van der Waals surface area contributed by atoms with Gasteiger partial charge in [0.2, 0.25) is 5.91 Å². The molecule has 1 aromatic heterocycles. The van der Waals surface area contributed by atoms with Crippen molar-refractivity contribution in [2.45, 2.75) is 38.1 Å². The summed E-state index contributed by atoms with van der Waals surface area (Å²) in [6.07, 6.45) is 8.56. The van der Waals surface area contributed by atoms with Gasteiger partial charge in [0.1, 0.15) is 5.82 Å². The number of hydrogen-bond donors (Lipinski definition) is 1. The van der Waals surface area contributed by atoms with Crippen molar-refractivity contribution in [3.05, 3.63) is 48.5 Å². The zero-order valence-electron chi connectivity index (χ0n) is 12.4. The number of halogens is 1. The number of anilines is 1. The lowest BCUT2D eigenvalue weighted by Crippen LogP contribution is -2.22. The zero-order valence-corrected chi connectivity index (χ0v) is 12.4. The Labute approximate surface area is 129 Å². The van der Waals surface area contributed by atoms with Crippen LogP contribution >= 0.6 is 0 Å². The van der Waals surface area contributed by atoms with E-state index in [0.717, 1.165) is 25.7 Å². The highest BCUT2D eigenvalue weighted by atomic mass is 19.1. The molecule has 1 heterocycles. The molecule has 0 bridgehead atoms. The summed E-state index contributed by atoms with van der Waals surface area (Å²) in [7, 11) is 0. The van der Waals surface area contributed by atoms with Crippen LogP contribution in [0.1, 0.15) is 38.1 Å². The molecule has 1 aromatic carbocycles. The monoisotopic (exact) mass is 301 g/mol. The van der Waals surface area contributed by atoms with Crippen LogP contribution in [0.5, 0.6) is 0 Å². The van der Waals surface area contributed by atoms with Crippen molar-refractivity contribution < 1.29 is 9.18 Å². The Morgan fingerprint density at radius 1 is 1.23 bits per heavy atom. The average molecular weight is 301 g/mol. The van der Waals surface area contributed by atoms with E-state index in [1.54, 1.807) is 12.1 Å². The molecule has 1 N–H and O–H groups in total. The molecule has 1 aliphatic rings. The number of carbonyl (C=O) groups excluding carboxylic acids is 1. The molecule has 22 heavy (non-hydrogen) atoms. The normalized spacial score (nSPS) is 21.5. The van der Waals surface area contributed by atoms with Gasteiger partial charge in [0.15, 0.2) is 0 Å². The third kappa shape index (κ3) is 3.72. The molecular formula is C17H20FN3O. The Kier molecular flexibility index (Phi) is 4.51. The first-order valence-electron chi connectivity index (χ1n) is 7.75. The van der Waals surface area contributed by atoms with Gasteiger partial charge >= 0.3 is 0 Å². The molecule has 4 nitrogen and oxygen atoms in total. The van der Waals surface area contributed by atoms with Crippen LogP contribution in [0.4, 0.5) is 10.1 Å². The standard InChI is InChI=1S/C17H20FN3O/c18-14-4-6-15(7-5-14)20-17(22)12-13-2-8-16(9-3-13)21-11-1-10-19-21/h1,4-7,10-11,13,16H,2-3,8-9,12H2,(H,20,22)/t13-,16-. The van der Waals surface area contributed by atoms with Gasteiger partial charge < -0.3 is 5.32 Å². The first-order chi connectivity index (χ1) is 10.7. The molecule has 1 fully saturated rings. The third-order valence-corrected chi connectivity index (χ3v) is 4.32. The summed E-state index contributed by atoms with van der Waals surface area (Å²) in [6, 6.07) is 8.29. The largest absolute Gasteiger partial charge is 0.326 e. The molecule has 0 atom stereocenters. The topological polar surface area (TPSA) is 46.9 Å². The number of rotatable bonds is 4. The second-order valence-electron chi connectivity index (χ2n) is 5.92. The van der Waals surface area contributed by atoms with Crippen molar-refractivity contribution >= 4 is 11.6 Å². The van der Waals surface area contributed by atoms with E-state index in [1.165, 1.54) is 12.1 Å². The number of carbonyl (C=O) groups is 1. The SMILES string of the molecule is O=C(C[C@H]1CC[C@H](n2cccn2)CC1)Nc1ccc(F)cc1. The number of nitrogens with zero attached hydrogens (tertiary/aromatic N) is 2. The van der Waals surface area contributed by atoms with Crippen LogP contribution in [-0.4, -0.2) is 15.7 Å². The fraction of sp³-hybridized carbons (Fsp3) is 0.412. The zero-order chi connectivity index (χ0) is 15.4. The molecule has 5 heteroatoms. The Bertz CT molecular complexity index is 601. The van der Waals surface area contributed by atoms with Gasteiger partial charge in [0.05, 0.1) is 6.04 Å². The van der Waals surface area contributed by atoms with Crippen LogP contribution in [0.15, 0.2) is 42.7 Å². The lowest BCUT2D eigenvalue weighted by Gasteiger charge is -2.28. The first kappa shape index (κ1) is 14.8. The van der Waals surface area contributed by atoms with Crippen molar-refractivity contribution in [2.24, 2.45) is 5.92 Å². The van der Waals surface area contributed by atoms with Crippen LogP contribution in [0.2, 0.25) is 0 Å². The van der Waals surface area contributed by atoms with Gasteiger partial charge in [-0.3, -0.25) is 9.48 Å². The van der Waals surface area contributed by atoms with E-state index in [0.29, 0.717) is 24.1 Å². The van der Waals surface area contributed by atoms with E-state index < -0.39 is 0 Å². The van der Waals surface area contributed by atoms with Crippen molar-refractivity contribution in [2.75, 3.05) is 5.32 Å². The van der Waals surface area contributed by atoms with E-state index >= 15 is 0 Å². The summed E-state index contributed by atoms with van der Waals surface area (Å²) in [5.74, 6) is 0.136. The molecular weight excluding hydrogens is 281 g/mol. The highest BCUT2D eigenvalue weighted by Crippen LogP contribution is 2.33. The summed E-state index contributed by atoms with van der Waals surface area (Å²) in [5, 5.41) is 7.13. The van der Waals surface area contributed by atoms with E-state index in [-0.39, 0.29) is 11.7 Å². The Morgan fingerprint density at radius 3 is 2.59 bits per heavy atom. The number of amides is 1. The molecule has 1 saturated carbocycles. The molecule has 0 saturated heterocycles. The fourth-order valence-electron chi connectivity index (χ4n) is 3.12. The molecule has 1 amide bonds. The third-order valence-electron chi connectivity index (χ3n) is 4.32. The number of hydrogen-bond acceptors (Lipinski definition) is 2. The average Bonchev–Trinajstić information content (AvgIpc) is 3.05. The number of benzene rings is 1. The van der Waals surface area contributed by atoms with E-state index in [2.05, 4.69) is 10.4 Å². The van der Waals surface area contributed by atoms with E-state index in [1.807, 2.05) is 23.1 Å². The maximum absolute atomic E-state index is 12.8. The first-order valence-corrected chi connectivity index (χ1v) is 7.75. The summed E-state index contributed by atoms with van der Waals surface area (Å²) in [5.41, 5.74) is 0.650. The minimum Gasteiger partial charge on any atom is -0.326 e. The van der Waals surface area contributed by atoms with Crippen molar-refractivity contribution in [3.63, 3.8) is 0 Å². The molecule has 0 aliphatic heterocycles. The van der Waals surface area contributed by atoms with Gasteiger partial charge in [-0.15, -0.1) is 0 Å². The molecule has 0 radical (unpaired) electrons. The summed E-state index contributed by atoms with van der Waals surface area (Å²) in [4.78, 5) is 12.1. The lowest BCUT2D eigenvalue weighted by molar-refractivity contribution is -0.117. The molecule has 116 valence electrons. The van der Waals surface area contributed by atoms with Crippen molar-refractivity contribution in [1.82, 2.24) is 9.78 Å². The van der Waals surface area contributed by atoms with Crippen molar-refractivity contribution in [1.29, 1.82) is 0 Å². The quantitative estimate of drug-likeness (QED) is 0.934. The van der Waals surface area contributed by atoms with Crippen LogP contribution in [-0.2, 0) is 4.79 Å². The Hall–Kier alpha value is -2.17. The number of nitrogens with one attached hydrogen (secondary N) is 1. The molecule has 1 aliphatic carbocycles. The van der Waals surface area contributed by atoms with Gasteiger partial charge in [-0.25, -0.2) is 4.39 Å². The van der Waals surface area contributed by atoms with E-state index in [4.69, 9.17) is 0 Å². The summed E-state index contributed by atoms with van der Waals surface area (Å²) < 4.78 is 14.9. The highest BCUT2D eigenvalue weighted by Gasteiger charge is 2.24. The van der Waals surface area contributed by atoms with Crippen LogP contribution in [0.3, 0.4) is 0 Å². The minimum atomic E-state index is -0.296. The molecule has 2 aromatic rings. The van der Waals surface area contributed by atoms with Gasteiger partial charge in [-0.1, -0.05) is 0 Å². The summed E-state index contributed by atoms with van der Waals surface area (Å²) >= 11 is 0. The van der Waals surface area contributed by atoms with Crippen LogP contribution < -0.4 is 5.32 Å². The van der Waals surface area contributed by atoms with Crippen LogP contribution in [0, 0.1) is 11.7 Å². The van der Waals surface area contributed by atoms with Crippen molar-refractivity contribution in [3.8, 4) is 0 Å². The van der Waals surface area contributed by atoms with Gasteiger partial charge in [-0.2, -0.15) is 5.10 Å². The lowest BCUT2D eigenvalue weighted by atomic mass is 9.84. The maximum atomic E-state index is 12.8. The van der Waals surface area contributed by atoms with Gasteiger partial charge in [-0.05, 0) is 61.9 Å². The summed E-state index contributed by atoms with van der Waals surface area (Å²) in [6.45, 7) is 0. The van der Waals surface area contributed by atoms with Crippen LogP contribution in [0.25, 0.3) is 0 Å². The maximum Gasteiger partial charge on any atom is 0.224 e. The predicted octanol–water partition coefficient (Wildman–Crippen LogP) is 3.78. The number of aromatic nitrogens is 2. The smallest absolute Gasteiger partial charge is 0.224 e. The second kappa shape index (κ2) is 6.73. The molecule has 0 unspecified atom stereocenters. The fourth-order valence-corrected chi connectivity index (χ4v) is 3.12. The minimum absolute atomic E-state index is 0.00847.